The van der Waals surface area contributed by atoms with Gasteiger partial charge in [0, 0.05) is 43.5 Å². The number of thiazole rings is 1. The molecule has 1 aliphatic heterocycles. The van der Waals surface area contributed by atoms with Gasteiger partial charge >= 0.3 is 0 Å². The van der Waals surface area contributed by atoms with E-state index in [0.717, 1.165) is 44.5 Å². The number of hydrogen-bond donors (Lipinski definition) is 2. The van der Waals surface area contributed by atoms with Crippen molar-refractivity contribution in [2.75, 3.05) is 39.9 Å². The van der Waals surface area contributed by atoms with Crippen LogP contribution in [0, 0.1) is 5.92 Å². The van der Waals surface area contributed by atoms with Crippen molar-refractivity contribution in [2.45, 2.75) is 52.6 Å². The zero-order chi connectivity index (χ0) is 19.2. The first-order valence-corrected chi connectivity index (χ1v) is 10.4. The number of hydrogen-bond acceptors (Lipinski definition) is 5. The lowest BCUT2D eigenvalue weighted by atomic mass is 9.98. The van der Waals surface area contributed by atoms with Crippen LogP contribution in [0.3, 0.4) is 0 Å². The summed E-state index contributed by atoms with van der Waals surface area (Å²) >= 11 is 1.73. The molecular weight excluding hydrogens is 473 g/mol. The molecule has 0 aromatic carbocycles. The van der Waals surface area contributed by atoms with Gasteiger partial charge in [0.2, 0.25) is 0 Å². The van der Waals surface area contributed by atoms with Crippen LogP contribution in [-0.4, -0.2) is 61.8 Å². The molecule has 0 radical (unpaired) electrons. The van der Waals surface area contributed by atoms with Crippen molar-refractivity contribution >= 4 is 41.3 Å². The second-order valence-electron chi connectivity index (χ2n) is 8.16. The van der Waals surface area contributed by atoms with Gasteiger partial charge in [0.1, 0.15) is 0 Å². The molecule has 1 atom stereocenters. The number of halogens is 1. The number of morpholine rings is 1. The van der Waals surface area contributed by atoms with Crippen molar-refractivity contribution in [2.24, 2.45) is 10.9 Å². The smallest absolute Gasteiger partial charge is 0.191 e. The summed E-state index contributed by atoms with van der Waals surface area (Å²) in [6.45, 7) is 16.4. The van der Waals surface area contributed by atoms with Crippen LogP contribution in [0.5, 0.6) is 0 Å². The fourth-order valence-corrected chi connectivity index (χ4v) is 3.93. The van der Waals surface area contributed by atoms with Gasteiger partial charge in [-0.25, -0.2) is 4.98 Å². The highest BCUT2D eigenvalue weighted by molar-refractivity contribution is 14.0. The average molecular weight is 510 g/mol. The average Bonchev–Trinajstić information content (AvgIpc) is 3.08. The van der Waals surface area contributed by atoms with Gasteiger partial charge < -0.3 is 15.4 Å². The van der Waals surface area contributed by atoms with E-state index >= 15 is 0 Å². The fraction of sp³-hybridized carbons (Fsp3) is 0.789. The quantitative estimate of drug-likeness (QED) is 0.351. The molecule has 0 saturated carbocycles. The third-order valence-corrected chi connectivity index (χ3v) is 5.93. The van der Waals surface area contributed by atoms with Gasteiger partial charge in [-0.3, -0.25) is 9.89 Å². The molecule has 27 heavy (non-hydrogen) atoms. The van der Waals surface area contributed by atoms with Gasteiger partial charge in [-0.05, 0) is 5.92 Å². The van der Waals surface area contributed by atoms with Gasteiger partial charge in [-0.2, -0.15) is 0 Å². The predicted octanol–water partition coefficient (Wildman–Crippen LogP) is 3.08. The van der Waals surface area contributed by atoms with E-state index in [0.29, 0.717) is 18.5 Å². The summed E-state index contributed by atoms with van der Waals surface area (Å²) in [6, 6.07) is 0.476. The maximum Gasteiger partial charge on any atom is 0.191 e. The monoisotopic (exact) mass is 509 g/mol. The Kier molecular flexibility index (Phi) is 10.5. The van der Waals surface area contributed by atoms with Crippen molar-refractivity contribution in [3.05, 3.63) is 16.1 Å². The Morgan fingerprint density at radius 1 is 1.30 bits per heavy atom. The van der Waals surface area contributed by atoms with Gasteiger partial charge in [0.15, 0.2) is 5.96 Å². The molecule has 8 heteroatoms. The highest BCUT2D eigenvalue weighted by Gasteiger charge is 2.24. The second kappa shape index (κ2) is 11.5. The van der Waals surface area contributed by atoms with E-state index in [1.54, 1.807) is 11.3 Å². The molecule has 2 heterocycles. The van der Waals surface area contributed by atoms with E-state index in [2.05, 4.69) is 60.5 Å². The standard InChI is InChI=1S/C19H35N5OS.HI/c1-14(2)16(24-7-9-25-10-8-24)12-22-18(20-6)21-11-15-13-26-17(23-15)19(3,4)5;/h13-14,16H,7-12H2,1-6H3,(H2,20,21,22);1H. The molecule has 1 aromatic rings. The zero-order valence-electron chi connectivity index (χ0n) is 17.5. The third kappa shape index (κ3) is 7.83. The Hall–Kier alpha value is -0.450. The Balaban J connectivity index is 0.00000364. The van der Waals surface area contributed by atoms with E-state index in [1.807, 2.05) is 7.05 Å². The number of rotatable bonds is 6. The van der Waals surface area contributed by atoms with E-state index in [1.165, 1.54) is 5.01 Å². The maximum atomic E-state index is 5.49. The molecule has 6 nitrogen and oxygen atoms in total. The van der Waals surface area contributed by atoms with Crippen LogP contribution in [0.1, 0.15) is 45.3 Å². The van der Waals surface area contributed by atoms with E-state index in [4.69, 9.17) is 9.72 Å². The number of nitrogens with zero attached hydrogens (tertiary/aromatic N) is 3. The molecule has 2 rings (SSSR count). The first-order chi connectivity index (χ1) is 12.3. The Morgan fingerprint density at radius 3 is 2.48 bits per heavy atom. The normalized spacial score (nSPS) is 17.5. The number of aliphatic imine (C=N–C) groups is 1. The van der Waals surface area contributed by atoms with Crippen molar-refractivity contribution < 1.29 is 4.74 Å². The van der Waals surface area contributed by atoms with Crippen molar-refractivity contribution in [1.82, 2.24) is 20.5 Å². The molecule has 2 N–H and O–H groups in total. The predicted molar refractivity (Wildman–Crippen MR) is 125 cm³/mol. The fourth-order valence-electron chi connectivity index (χ4n) is 3.02. The van der Waals surface area contributed by atoms with Gasteiger partial charge in [-0.15, -0.1) is 35.3 Å². The van der Waals surface area contributed by atoms with Gasteiger partial charge in [-0.1, -0.05) is 34.6 Å². The van der Waals surface area contributed by atoms with Crippen LogP contribution in [0.2, 0.25) is 0 Å². The molecule has 1 fully saturated rings. The zero-order valence-corrected chi connectivity index (χ0v) is 20.7. The summed E-state index contributed by atoms with van der Waals surface area (Å²) in [5.41, 5.74) is 1.17. The van der Waals surface area contributed by atoms with Gasteiger partial charge in [0.05, 0.1) is 30.5 Å². The molecule has 0 aliphatic carbocycles. The first kappa shape index (κ1) is 24.6. The lowest BCUT2D eigenvalue weighted by Gasteiger charge is -2.37. The summed E-state index contributed by atoms with van der Waals surface area (Å²) < 4.78 is 5.49. The SMILES string of the molecule is CN=C(NCc1csc(C(C)(C)C)n1)NCC(C(C)C)N1CCOCC1.I. The lowest BCUT2D eigenvalue weighted by Crippen LogP contribution is -2.52. The molecule has 1 aliphatic rings. The molecular formula is C19H36IN5OS. The Bertz CT molecular complexity index is 579. The molecule has 0 amide bonds. The van der Waals surface area contributed by atoms with Crippen LogP contribution < -0.4 is 10.6 Å². The van der Waals surface area contributed by atoms with E-state index < -0.39 is 0 Å². The number of ether oxygens (including phenoxy) is 1. The minimum Gasteiger partial charge on any atom is -0.379 e. The summed E-state index contributed by atoms with van der Waals surface area (Å²) in [5.74, 6) is 1.40. The molecule has 0 bridgehead atoms. The van der Waals surface area contributed by atoms with Crippen molar-refractivity contribution in [3.8, 4) is 0 Å². The van der Waals surface area contributed by atoms with Gasteiger partial charge in [0.25, 0.3) is 0 Å². The largest absolute Gasteiger partial charge is 0.379 e. The van der Waals surface area contributed by atoms with E-state index in [-0.39, 0.29) is 29.4 Å². The van der Waals surface area contributed by atoms with Crippen LogP contribution in [0.15, 0.2) is 10.4 Å². The second-order valence-corrected chi connectivity index (χ2v) is 9.02. The highest BCUT2D eigenvalue weighted by atomic mass is 127. The summed E-state index contributed by atoms with van der Waals surface area (Å²) in [6.07, 6.45) is 0. The maximum absolute atomic E-state index is 5.49. The first-order valence-electron chi connectivity index (χ1n) is 9.52. The highest BCUT2D eigenvalue weighted by Crippen LogP contribution is 2.25. The third-order valence-electron chi connectivity index (χ3n) is 4.62. The van der Waals surface area contributed by atoms with Crippen molar-refractivity contribution in [1.29, 1.82) is 0 Å². The molecule has 1 aromatic heterocycles. The number of aromatic nitrogens is 1. The summed E-state index contributed by atoms with van der Waals surface area (Å²) in [7, 11) is 1.82. The molecule has 156 valence electrons. The van der Waals surface area contributed by atoms with Crippen LogP contribution in [0.4, 0.5) is 0 Å². The summed E-state index contributed by atoms with van der Waals surface area (Å²) in [5, 5.41) is 10.2. The number of nitrogens with one attached hydrogen (secondary N) is 2. The Labute approximate surface area is 185 Å². The van der Waals surface area contributed by atoms with Crippen LogP contribution >= 0.6 is 35.3 Å². The van der Waals surface area contributed by atoms with Crippen LogP contribution in [0.25, 0.3) is 0 Å². The van der Waals surface area contributed by atoms with E-state index in [9.17, 15) is 0 Å². The topological polar surface area (TPSA) is 61.8 Å². The van der Waals surface area contributed by atoms with Crippen molar-refractivity contribution in [3.63, 3.8) is 0 Å². The molecule has 1 saturated heterocycles. The number of guanidine groups is 1. The summed E-state index contributed by atoms with van der Waals surface area (Å²) in [4.78, 5) is 11.6. The Morgan fingerprint density at radius 2 is 1.96 bits per heavy atom. The molecule has 1 unspecified atom stereocenters. The van der Waals surface area contributed by atoms with Crippen LogP contribution in [-0.2, 0) is 16.7 Å². The minimum absolute atomic E-state index is 0. The minimum atomic E-state index is 0. The lowest BCUT2D eigenvalue weighted by molar-refractivity contribution is 0.00752. The molecule has 0 spiro atoms.